The maximum atomic E-state index is 11.3. The first-order valence-corrected chi connectivity index (χ1v) is 10.8. The van der Waals surface area contributed by atoms with Crippen molar-refractivity contribution in [3.05, 3.63) is 77.5 Å². The molecule has 0 bridgehead atoms. The molecule has 0 atom stereocenters. The lowest BCUT2D eigenvalue weighted by Crippen LogP contribution is -1.99. The largest absolute Gasteiger partial charge is 0.496 e. The highest BCUT2D eigenvalue weighted by Crippen LogP contribution is 2.41. The maximum Gasteiger partial charge on any atom is 0.224 e. The van der Waals surface area contributed by atoms with Gasteiger partial charge in [-0.1, -0.05) is 18.2 Å². The Bertz CT molecular complexity index is 1410. The predicted octanol–water partition coefficient (Wildman–Crippen LogP) is 5.44. The van der Waals surface area contributed by atoms with Gasteiger partial charge < -0.3 is 14.2 Å². The molecular weight excluding hydrogens is 444 g/mol. The summed E-state index contributed by atoms with van der Waals surface area (Å²) in [6, 6.07) is 16.6. The summed E-state index contributed by atoms with van der Waals surface area (Å²) >= 11 is 0. The second kappa shape index (κ2) is 10.2. The molecule has 0 saturated heterocycles. The van der Waals surface area contributed by atoms with Crippen LogP contribution in [0.2, 0.25) is 0 Å². The van der Waals surface area contributed by atoms with Gasteiger partial charge in [-0.05, 0) is 54.4 Å². The molecule has 176 valence electrons. The van der Waals surface area contributed by atoms with Crippen LogP contribution in [0.15, 0.2) is 60.8 Å². The van der Waals surface area contributed by atoms with Gasteiger partial charge in [0.2, 0.25) is 5.88 Å². The fraction of sp³-hybridized carbons (Fsp3) is 0.143. The van der Waals surface area contributed by atoms with Gasteiger partial charge in [0, 0.05) is 22.9 Å². The van der Waals surface area contributed by atoms with Crippen molar-refractivity contribution in [1.82, 2.24) is 9.97 Å². The van der Waals surface area contributed by atoms with Crippen molar-refractivity contribution in [2.75, 3.05) is 21.3 Å². The number of ether oxygens (including phenoxy) is 3. The Morgan fingerprint density at radius 3 is 2.20 bits per heavy atom. The van der Waals surface area contributed by atoms with Crippen molar-refractivity contribution >= 4 is 12.6 Å². The summed E-state index contributed by atoms with van der Waals surface area (Å²) in [6.07, 6.45) is 3.21. The molecule has 4 aromatic rings. The third-order valence-electron chi connectivity index (χ3n) is 5.83. The zero-order valence-corrected chi connectivity index (χ0v) is 19.9. The van der Waals surface area contributed by atoms with E-state index in [4.69, 9.17) is 14.2 Å². The smallest absolute Gasteiger partial charge is 0.224 e. The summed E-state index contributed by atoms with van der Waals surface area (Å²) in [4.78, 5) is 31.7. The molecule has 0 spiro atoms. The van der Waals surface area contributed by atoms with Gasteiger partial charge in [-0.2, -0.15) is 0 Å². The molecule has 2 heterocycles. The van der Waals surface area contributed by atoms with Crippen LogP contribution in [0.3, 0.4) is 0 Å². The van der Waals surface area contributed by atoms with E-state index in [0.717, 1.165) is 39.8 Å². The molecule has 0 saturated carbocycles. The second-order valence-corrected chi connectivity index (χ2v) is 7.71. The van der Waals surface area contributed by atoms with Crippen LogP contribution in [0.5, 0.6) is 17.4 Å². The van der Waals surface area contributed by atoms with Crippen LogP contribution >= 0.6 is 0 Å². The summed E-state index contributed by atoms with van der Waals surface area (Å²) in [6.45, 7) is 1.99. The number of pyridine rings is 2. The number of hydrogen-bond donors (Lipinski definition) is 0. The summed E-state index contributed by atoms with van der Waals surface area (Å²) in [5.74, 6) is 1.37. The van der Waals surface area contributed by atoms with Gasteiger partial charge in [0.1, 0.15) is 11.5 Å². The number of carbonyl (C=O) groups excluding carboxylic acids is 2. The molecular formula is C28H24N2O5. The minimum absolute atomic E-state index is 0.250. The Labute approximate surface area is 203 Å². The third-order valence-corrected chi connectivity index (χ3v) is 5.83. The van der Waals surface area contributed by atoms with E-state index >= 15 is 0 Å². The Morgan fingerprint density at radius 2 is 1.51 bits per heavy atom. The number of rotatable bonds is 8. The van der Waals surface area contributed by atoms with Gasteiger partial charge >= 0.3 is 0 Å². The lowest BCUT2D eigenvalue weighted by Gasteiger charge is -2.17. The van der Waals surface area contributed by atoms with Gasteiger partial charge in [0.05, 0.1) is 43.8 Å². The van der Waals surface area contributed by atoms with E-state index < -0.39 is 0 Å². The number of hydrogen-bond acceptors (Lipinski definition) is 7. The fourth-order valence-electron chi connectivity index (χ4n) is 4.10. The monoisotopic (exact) mass is 468 g/mol. The first kappa shape index (κ1) is 23.6. The molecule has 0 fully saturated rings. The molecule has 7 nitrogen and oxygen atoms in total. The Kier molecular flexibility index (Phi) is 6.87. The van der Waals surface area contributed by atoms with Crippen molar-refractivity contribution in [1.29, 1.82) is 0 Å². The molecule has 0 radical (unpaired) electrons. The molecule has 4 rings (SSSR count). The van der Waals surface area contributed by atoms with E-state index in [9.17, 15) is 9.59 Å². The fourth-order valence-corrected chi connectivity index (χ4v) is 4.10. The normalized spacial score (nSPS) is 10.5. The van der Waals surface area contributed by atoms with Gasteiger partial charge in [0.15, 0.2) is 12.6 Å². The Balaban J connectivity index is 1.87. The van der Waals surface area contributed by atoms with Gasteiger partial charge in [0.25, 0.3) is 0 Å². The van der Waals surface area contributed by atoms with Crippen LogP contribution in [0.1, 0.15) is 26.3 Å². The minimum Gasteiger partial charge on any atom is -0.496 e. The quantitative estimate of drug-likeness (QED) is 0.318. The highest BCUT2D eigenvalue weighted by Gasteiger charge is 2.19. The van der Waals surface area contributed by atoms with Crippen molar-refractivity contribution in [2.45, 2.75) is 6.92 Å². The van der Waals surface area contributed by atoms with Crippen LogP contribution < -0.4 is 14.2 Å². The average molecular weight is 469 g/mol. The average Bonchev–Trinajstić information content (AvgIpc) is 2.91. The first-order chi connectivity index (χ1) is 17.1. The van der Waals surface area contributed by atoms with Crippen LogP contribution in [0, 0.1) is 6.92 Å². The SMILES string of the molecule is COc1cc(-c2nccc(-c3cccc(-c4ccc(C=O)c(OC)n4)c3OC)c2C)ccc1C=O. The van der Waals surface area contributed by atoms with E-state index in [0.29, 0.717) is 34.6 Å². The standard InChI is InChI=1S/C28H24N2O5/c1-17-21(12-13-29-26(17)18-8-9-19(15-31)25(14-18)33-2)22-6-5-7-23(27(22)34-3)24-11-10-20(16-32)28(30-24)35-4/h5-16H,1-4H3. The number of aldehydes is 2. The zero-order chi connectivity index (χ0) is 24.9. The highest BCUT2D eigenvalue weighted by molar-refractivity contribution is 5.87. The van der Waals surface area contributed by atoms with E-state index in [2.05, 4.69) is 9.97 Å². The lowest BCUT2D eigenvalue weighted by molar-refractivity contribution is 0.111. The van der Waals surface area contributed by atoms with Crippen molar-refractivity contribution in [2.24, 2.45) is 0 Å². The lowest BCUT2D eigenvalue weighted by atomic mass is 9.94. The van der Waals surface area contributed by atoms with Crippen LogP contribution in [0.4, 0.5) is 0 Å². The predicted molar refractivity (Wildman–Crippen MR) is 134 cm³/mol. The van der Waals surface area contributed by atoms with Gasteiger partial charge in [-0.15, -0.1) is 0 Å². The number of aromatic nitrogens is 2. The van der Waals surface area contributed by atoms with Crippen molar-refractivity contribution in [3.8, 4) is 51.0 Å². The molecule has 0 amide bonds. The highest BCUT2D eigenvalue weighted by atomic mass is 16.5. The van der Waals surface area contributed by atoms with Gasteiger partial charge in [-0.25, -0.2) is 4.98 Å². The maximum absolute atomic E-state index is 11.3. The topological polar surface area (TPSA) is 87.6 Å². The van der Waals surface area contributed by atoms with Crippen molar-refractivity contribution < 1.29 is 23.8 Å². The molecule has 35 heavy (non-hydrogen) atoms. The number of benzene rings is 2. The summed E-state index contributed by atoms with van der Waals surface area (Å²) in [7, 11) is 4.62. The Hall–Kier alpha value is -4.52. The molecule has 0 unspecified atom stereocenters. The molecule has 2 aromatic heterocycles. The van der Waals surface area contributed by atoms with Gasteiger partial charge in [-0.3, -0.25) is 14.6 Å². The minimum atomic E-state index is 0.250. The van der Waals surface area contributed by atoms with E-state index in [1.54, 1.807) is 37.6 Å². The van der Waals surface area contributed by atoms with Crippen LogP contribution in [0.25, 0.3) is 33.6 Å². The molecule has 0 aliphatic heterocycles. The summed E-state index contributed by atoms with van der Waals surface area (Å²) in [5.41, 5.74) is 6.55. The molecule has 0 aliphatic carbocycles. The molecule has 0 N–H and O–H groups in total. The number of methoxy groups -OCH3 is 3. The number of para-hydroxylation sites is 1. The molecule has 2 aromatic carbocycles. The molecule has 7 heteroatoms. The van der Waals surface area contributed by atoms with E-state index in [1.807, 2.05) is 37.3 Å². The second-order valence-electron chi connectivity index (χ2n) is 7.71. The number of nitrogens with zero attached hydrogens (tertiary/aromatic N) is 2. The zero-order valence-electron chi connectivity index (χ0n) is 19.9. The summed E-state index contributed by atoms with van der Waals surface area (Å²) in [5, 5.41) is 0. The number of carbonyl (C=O) groups is 2. The molecule has 0 aliphatic rings. The van der Waals surface area contributed by atoms with Crippen LogP contribution in [-0.2, 0) is 0 Å². The van der Waals surface area contributed by atoms with Crippen molar-refractivity contribution in [3.63, 3.8) is 0 Å². The summed E-state index contributed by atoms with van der Waals surface area (Å²) < 4.78 is 16.5. The van der Waals surface area contributed by atoms with E-state index in [-0.39, 0.29) is 5.88 Å². The Morgan fingerprint density at radius 1 is 0.771 bits per heavy atom. The third kappa shape index (κ3) is 4.36. The van der Waals surface area contributed by atoms with Crippen LogP contribution in [-0.4, -0.2) is 43.9 Å². The first-order valence-electron chi connectivity index (χ1n) is 10.8. The van der Waals surface area contributed by atoms with E-state index in [1.165, 1.54) is 14.2 Å².